The molecule has 2 N–H and O–H groups in total. The molecule has 0 fully saturated rings. The lowest BCUT2D eigenvalue weighted by molar-refractivity contribution is -0.870. The van der Waals surface area contributed by atoms with Crippen LogP contribution in [-0.4, -0.2) is 68.5 Å². The molecular weight excluding hydrogens is 707 g/mol. The first-order valence-electron chi connectivity index (χ1n) is 22.5. The topological polar surface area (TPSA) is 108 Å². The van der Waals surface area contributed by atoms with Crippen LogP contribution >= 0.6 is 7.82 Å². The van der Waals surface area contributed by atoms with Crippen molar-refractivity contribution in [3.05, 3.63) is 48.6 Å². The molecule has 0 aliphatic carbocycles. The third kappa shape index (κ3) is 40.5. The van der Waals surface area contributed by atoms with Crippen molar-refractivity contribution in [2.24, 2.45) is 0 Å². The molecule has 0 rings (SSSR count). The molecule has 0 bridgehead atoms. The molecule has 0 spiro atoms. The van der Waals surface area contributed by atoms with Crippen LogP contribution in [0.25, 0.3) is 0 Å². The summed E-state index contributed by atoms with van der Waals surface area (Å²) >= 11 is 0. The molecule has 0 saturated heterocycles. The molecule has 55 heavy (non-hydrogen) atoms. The number of allylic oxidation sites excluding steroid dienone is 7. The number of likely N-dealkylation sites (N-methyl/N-ethyl adjacent to an activating group) is 1. The van der Waals surface area contributed by atoms with Gasteiger partial charge < -0.3 is 28.8 Å². The molecule has 0 aromatic carbocycles. The number of nitrogens with one attached hydrogen (secondary N) is 1. The number of quaternary nitrogens is 1. The van der Waals surface area contributed by atoms with Gasteiger partial charge in [-0.1, -0.05) is 159 Å². The van der Waals surface area contributed by atoms with Crippen LogP contribution in [0.5, 0.6) is 0 Å². The van der Waals surface area contributed by atoms with Gasteiger partial charge in [0.1, 0.15) is 13.2 Å². The van der Waals surface area contributed by atoms with E-state index in [1.807, 2.05) is 27.2 Å². The molecule has 322 valence electrons. The van der Waals surface area contributed by atoms with Gasteiger partial charge >= 0.3 is 0 Å². The Hall–Kier alpha value is -1.54. The quantitative estimate of drug-likeness (QED) is 0.0277. The Morgan fingerprint density at radius 1 is 0.618 bits per heavy atom. The van der Waals surface area contributed by atoms with Gasteiger partial charge in [0.15, 0.2) is 0 Å². The van der Waals surface area contributed by atoms with Crippen molar-refractivity contribution in [2.75, 3.05) is 40.9 Å². The van der Waals surface area contributed by atoms with Crippen molar-refractivity contribution in [1.82, 2.24) is 5.32 Å². The number of amides is 1. The van der Waals surface area contributed by atoms with Crippen molar-refractivity contribution >= 4 is 13.7 Å². The second kappa shape index (κ2) is 38.0. The highest BCUT2D eigenvalue weighted by Gasteiger charge is 2.23. The van der Waals surface area contributed by atoms with Crippen LogP contribution in [0.1, 0.15) is 187 Å². The average Bonchev–Trinajstić information content (AvgIpc) is 3.13. The van der Waals surface area contributed by atoms with Crippen molar-refractivity contribution in [2.45, 2.75) is 199 Å². The molecule has 3 atom stereocenters. The zero-order valence-corrected chi connectivity index (χ0v) is 37.3. The lowest BCUT2D eigenvalue weighted by Crippen LogP contribution is -2.45. The molecule has 8 nitrogen and oxygen atoms in total. The first-order valence-corrected chi connectivity index (χ1v) is 24.0. The standard InChI is InChI=1S/C46H87N2O6P/c1-6-8-10-12-14-16-18-20-22-23-24-26-27-29-31-33-35-37-39-45(49)44(43-54-55(51,52)53-42-41-48(3,4)5)47-46(50)40-38-36-34-32-30-28-25-21-19-17-15-13-11-9-7-2/h21,23-25,29,31,37,39,44-45,49H,6-20,22,26-28,30,32-36,38,40-43H2,1-5H3,(H-,47,50,51,52)/b24-23+,25-21-,31-29+,39-37+. The predicted molar refractivity (Wildman–Crippen MR) is 233 cm³/mol. The number of phosphoric ester groups is 1. The maximum atomic E-state index is 12.8. The van der Waals surface area contributed by atoms with E-state index in [1.54, 1.807) is 6.08 Å². The smallest absolute Gasteiger partial charge is 0.268 e. The Labute approximate surface area is 339 Å². The van der Waals surface area contributed by atoms with Gasteiger partial charge in [-0.3, -0.25) is 9.36 Å². The van der Waals surface area contributed by atoms with E-state index < -0.39 is 26.6 Å². The van der Waals surface area contributed by atoms with Crippen molar-refractivity contribution < 1.29 is 32.9 Å². The highest BCUT2D eigenvalue weighted by Crippen LogP contribution is 2.38. The van der Waals surface area contributed by atoms with Gasteiger partial charge in [0, 0.05) is 6.42 Å². The first kappa shape index (κ1) is 53.5. The lowest BCUT2D eigenvalue weighted by atomic mass is 10.1. The highest BCUT2D eigenvalue weighted by atomic mass is 31.2. The van der Waals surface area contributed by atoms with Crippen LogP contribution in [0.4, 0.5) is 0 Å². The minimum atomic E-state index is -4.60. The fraction of sp³-hybridized carbons (Fsp3) is 0.804. The number of nitrogens with zero attached hydrogens (tertiary/aromatic N) is 1. The zero-order chi connectivity index (χ0) is 40.7. The molecule has 9 heteroatoms. The Bertz CT molecular complexity index is 1040. The summed E-state index contributed by atoms with van der Waals surface area (Å²) in [5, 5.41) is 13.7. The second-order valence-corrected chi connectivity index (χ2v) is 17.8. The minimum absolute atomic E-state index is 0.0116. The third-order valence-corrected chi connectivity index (χ3v) is 10.7. The van der Waals surface area contributed by atoms with Crippen LogP contribution in [0.2, 0.25) is 0 Å². The molecule has 0 aliphatic rings. The molecule has 0 aliphatic heterocycles. The van der Waals surface area contributed by atoms with E-state index in [1.165, 1.54) is 103 Å². The first-order chi connectivity index (χ1) is 26.5. The van der Waals surface area contributed by atoms with Crippen LogP contribution in [0.3, 0.4) is 0 Å². The van der Waals surface area contributed by atoms with Gasteiger partial charge in [-0.15, -0.1) is 0 Å². The van der Waals surface area contributed by atoms with Crippen LogP contribution < -0.4 is 10.2 Å². The fourth-order valence-corrected chi connectivity index (χ4v) is 6.84. The lowest BCUT2D eigenvalue weighted by Gasteiger charge is -2.29. The Kier molecular flexibility index (Phi) is 36.9. The molecule has 0 saturated carbocycles. The molecule has 1 amide bonds. The second-order valence-electron chi connectivity index (χ2n) is 16.4. The maximum Gasteiger partial charge on any atom is 0.268 e. The van der Waals surface area contributed by atoms with E-state index in [-0.39, 0.29) is 12.5 Å². The van der Waals surface area contributed by atoms with Crippen LogP contribution in [0.15, 0.2) is 48.6 Å². The summed E-state index contributed by atoms with van der Waals surface area (Å²) in [5.41, 5.74) is 0. The van der Waals surface area contributed by atoms with Gasteiger partial charge in [-0.2, -0.15) is 0 Å². The third-order valence-electron chi connectivity index (χ3n) is 9.74. The summed E-state index contributed by atoms with van der Waals surface area (Å²) in [6, 6.07) is -0.913. The minimum Gasteiger partial charge on any atom is -0.756 e. The van der Waals surface area contributed by atoms with Crippen LogP contribution in [-0.2, 0) is 18.4 Å². The van der Waals surface area contributed by atoms with Crippen molar-refractivity contribution in [3.8, 4) is 0 Å². The van der Waals surface area contributed by atoms with E-state index in [4.69, 9.17) is 9.05 Å². The monoisotopic (exact) mass is 795 g/mol. The number of carbonyl (C=O) groups is 1. The summed E-state index contributed by atoms with van der Waals surface area (Å²) in [6.45, 7) is 4.59. The summed E-state index contributed by atoms with van der Waals surface area (Å²) < 4.78 is 23.2. The normalized spacial score (nSPS) is 14.8. The summed E-state index contributed by atoms with van der Waals surface area (Å²) in [5.74, 6) is -0.222. The number of carbonyl (C=O) groups excluding carboxylic acids is 1. The predicted octanol–water partition coefficient (Wildman–Crippen LogP) is 11.8. The number of aliphatic hydroxyl groups excluding tert-OH is 1. The highest BCUT2D eigenvalue weighted by molar-refractivity contribution is 7.45. The molecule has 0 aromatic rings. The van der Waals surface area contributed by atoms with E-state index in [2.05, 4.69) is 55.6 Å². The molecule has 0 aromatic heterocycles. The van der Waals surface area contributed by atoms with E-state index in [0.717, 1.165) is 64.2 Å². The maximum absolute atomic E-state index is 12.8. The summed E-state index contributed by atoms with van der Waals surface area (Å²) in [4.78, 5) is 25.3. The number of aliphatic hydroxyl groups is 1. The van der Waals surface area contributed by atoms with Gasteiger partial charge in [-0.25, -0.2) is 0 Å². The summed E-state index contributed by atoms with van der Waals surface area (Å²) in [6.07, 6.45) is 47.3. The molecular formula is C46H87N2O6P. The summed E-state index contributed by atoms with van der Waals surface area (Å²) in [7, 11) is 1.22. The van der Waals surface area contributed by atoms with Gasteiger partial charge in [-0.05, 0) is 70.6 Å². The van der Waals surface area contributed by atoms with E-state index in [9.17, 15) is 19.4 Å². The SMILES string of the molecule is CCCCCCCC/C=C\CCCCCCCC(=O)NC(COP(=O)([O-])OCC[N+](C)(C)C)C(O)/C=C/CC/C=C/CC/C=C/CCCCCCCCCC. The molecule has 0 heterocycles. The largest absolute Gasteiger partial charge is 0.756 e. The number of hydrogen-bond acceptors (Lipinski definition) is 6. The van der Waals surface area contributed by atoms with Crippen molar-refractivity contribution in [3.63, 3.8) is 0 Å². The van der Waals surface area contributed by atoms with E-state index in [0.29, 0.717) is 17.4 Å². The number of hydrogen-bond donors (Lipinski definition) is 2. The van der Waals surface area contributed by atoms with Gasteiger partial charge in [0.2, 0.25) is 5.91 Å². The fourth-order valence-electron chi connectivity index (χ4n) is 6.12. The Morgan fingerprint density at radius 3 is 1.47 bits per heavy atom. The number of unbranched alkanes of at least 4 members (excludes halogenated alkanes) is 21. The van der Waals surface area contributed by atoms with E-state index >= 15 is 0 Å². The number of phosphoric acid groups is 1. The molecule has 0 radical (unpaired) electrons. The van der Waals surface area contributed by atoms with Gasteiger partial charge in [0.25, 0.3) is 7.82 Å². The average molecular weight is 795 g/mol. The molecule has 3 unspecified atom stereocenters. The Morgan fingerprint density at radius 2 is 1.02 bits per heavy atom. The van der Waals surface area contributed by atoms with Crippen LogP contribution in [0, 0.1) is 0 Å². The van der Waals surface area contributed by atoms with Crippen molar-refractivity contribution in [1.29, 1.82) is 0 Å². The zero-order valence-electron chi connectivity index (χ0n) is 36.4. The number of rotatable bonds is 40. The Balaban J connectivity index is 4.53. The van der Waals surface area contributed by atoms with Gasteiger partial charge in [0.05, 0.1) is 39.9 Å².